The van der Waals surface area contributed by atoms with Crippen LogP contribution in [0.25, 0.3) is 0 Å². The largest absolute Gasteiger partial charge is 0.372 e. The number of amides is 1. The Hall–Kier alpha value is -1.69. The highest BCUT2D eigenvalue weighted by molar-refractivity contribution is 5.77. The Morgan fingerprint density at radius 2 is 2.22 bits per heavy atom. The molecular weight excluding hydrogens is 236 g/mol. The van der Waals surface area contributed by atoms with Crippen LogP contribution in [0.15, 0.2) is 23.9 Å². The number of hydrogen-bond acceptors (Lipinski definition) is 4. The number of hydrogen-bond donors (Lipinski definition) is 1. The maximum Gasteiger partial charge on any atom is 0.264 e. The molecule has 0 aromatic heterocycles. The van der Waals surface area contributed by atoms with E-state index in [1.54, 1.807) is 6.92 Å². The van der Waals surface area contributed by atoms with Gasteiger partial charge in [0.25, 0.3) is 5.70 Å². The third-order valence-corrected chi connectivity index (χ3v) is 2.09. The highest BCUT2D eigenvalue weighted by Crippen LogP contribution is 1.96. The molecule has 0 aliphatic heterocycles. The molecule has 6 heteroatoms. The highest BCUT2D eigenvalue weighted by Gasteiger charge is 2.02. The topological polar surface area (TPSA) is 81.5 Å². The van der Waals surface area contributed by atoms with Crippen LogP contribution in [-0.4, -0.2) is 30.6 Å². The molecule has 0 heterocycles. The fourth-order valence-electron chi connectivity index (χ4n) is 1.08. The lowest BCUT2D eigenvalue weighted by Crippen LogP contribution is -2.27. The van der Waals surface area contributed by atoms with Crippen LogP contribution in [0.4, 0.5) is 0 Å². The van der Waals surface area contributed by atoms with Gasteiger partial charge in [-0.2, -0.15) is 0 Å². The molecule has 18 heavy (non-hydrogen) atoms. The molecule has 102 valence electrons. The lowest BCUT2D eigenvalue weighted by molar-refractivity contribution is -0.419. The Morgan fingerprint density at radius 3 is 2.78 bits per heavy atom. The summed E-state index contributed by atoms with van der Waals surface area (Å²) in [5, 5.41) is 13.0. The predicted molar refractivity (Wildman–Crippen MR) is 68.6 cm³/mol. The van der Waals surface area contributed by atoms with E-state index in [0.29, 0.717) is 6.61 Å². The van der Waals surface area contributed by atoms with Crippen molar-refractivity contribution < 1.29 is 14.5 Å². The molecule has 0 fully saturated rings. The first-order valence-corrected chi connectivity index (χ1v) is 5.93. The van der Waals surface area contributed by atoms with Crippen LogP contribution in [0.2, 0.25) is 0 Å². The Morgan fingerprint density at radius 1 is 1.50 bits per heavy atom. The zero-order valence-corrected chi connectivity index (χ0v) is 10.8. The van der Waals surface area contributed by atoms with E-state index in [2.05, 4.69) is 5.32 Å². The van der Waals surface area contributed by atoms with E-state index in [-0.39, 0.29) is 24.8 Å². The summed E-state index contributed by atoms with van der Waals surface area (Å²) in [6.07, 6.45) is 6.24. The molecule has 1 amide bonds. The Kier molecular flexibility index (Phi) is 9.48. The van der Waals surface area contributed by atoms with E-state index in [4.69, 9.17) is 4.74 Å². The molecule has 0 saturated heterocycles. The average Bonchev–Trinajstić information content (AvgIpc) is 2.34. The van der Waals surface area contributed by atoms with Crippen molar-refractivity contribution in [2.24, 2.45) is 0 Å². The first-order chi connectivity index (χ1) is 8.61. The van der Waals surface area contributed by atoms with E-state index in [0.717, 1.165) is 12.8 Å². The van der Waals surface area contributed by atoms with Gasteiger partial charge in [-0.05, 0) is 19.4 Å². The minimum atomic E-state index is -0.480. The average molecular weight is 256 g/mol. The Bertz CT molecular complexity index is 324. The zero-order valence-electron chi connectivity index (χ0n) is 10.8. The van der Waals surface area contributed by atoms with Gasteiger partial charge in [0.15, 0.2) is 0 Å². The molecule has 0 aliphatic rings. The van der Waals surface area contributed by atoms with Gasteiger partial charge < -0.3 is 10.1 Å². The molecule has 0 aliphatic carbocycles. The Balaban J connectivity index is 3.74. The van der Waals surface area contributed by atoms with Crippen molar-refractivity contribution in [1.82, 2.24) is 5.32 Å². The van der Waals surface area contributed by atoms with Crippen molar-refractivity contribution in [1.29, 1.82) is 0 Å². The summed E-state index contributed by atoms with van der Waals surface area (Å²) in [4.78, 5) is 21.2. The Labute approximate surface area is 107 Å². The molecule has 0 radical (unpaired) electrons. The van der Waals surface area contributed by atoms with Crippen LogP contribution in [0.1, 0.15) is 26.7 Å². The number of allylic oxidation sites excluding steroid dienone is 2. The van der Waals surface area contributed by atoms with Gasteiger partial charge in [-0.3, -0.25) is 14.9 Å². The molecule has 6 nitrogen and oxygen atoms in total. The summed E-state index contributed by atoms with van der Waals surface area (Å²) in [5.74, 6) is -0.223. The first kappa shape index (κ1) is 16.3. The maximum absolute atomic E-state index is 11.2. The quantitative estimate of drug-likeness (QED) is 0.294. The van der Waals surface area contributed by atoms with Gasteiger partial charge in [0, 0.05) is 19.2 Å². The number of unbranched alkanes of at least 4 members (excludes halogenated alkanes) is 1. The number of carbonyl (C=O) groups is 1. The van der Waals surface area contributed by atoms with Crippen molar-refractivity contribution in [3.8, 4) is 0 Å². The van der Waals surface area contributed by atoms with Crippen molar-refractivity contribution in [2.45, 2.75) is 26.7 Å². The van der Waals surface area contributed by atoms with Gasteiger partial charge >= 0.3 is 0 Å². The summed E-state index contributed by atoms with van der Waals surface area (Å²) in [6.45, 7) is 4.48. The van der Waals surface area contributed by atoms with E-state index in [9.17, 15) is 14.9 Å². The number of nitro groups is 1. The summed E-state index contributed by atoms with van der Waals surface area (Å²) < 4.78 is 5.12. The van der Waals surface area contributed by atoms with Crippen molar-refractivity contribution in [2.75, 3.05) is 19.8 Å². The predicted octanol–water partition coefficient (Wildman–Crippen LogP) is 1.66. The summed E-state index contributed by atoms with van der Waals surface area (Å²) in [6, 6.07) is 0. The molecule has 0 unspecified atom stereocenters. The van der Waals surface area contributed by atoms with Crippen LogP contribution < -0.4 is 5.32 Å². The highest BCUT2D eigenvalue weighted by atomic mass is 16.6. The van der Waals surface area contributed by atoms with Crippen molar-refractivity contribution in [3.63, 3.8) is 0 Å². The van der Waals surface area contributed by atoms with E-state index in [1.165, 1.54) is 18.2 Å². The smallest absolute Gasteiger partial charge is 0.264 e. The normalized spacial score (nSPS) is 11.8. The van der Waals surface area contributed by atoms with Gasteiger partial charge in [-0.25, -0.2) is 0 Å². The molecule has 0 aromatic rings. The lowest BCUT2D eigenvalue weighted by Gasteiger charge is -2.03. The van der Waals surface area contributed by atoms with Gasteiger partial charge in [0.1, 0.15) is 6.61 Å². The van der Waals surface area contributed by atoms with E-state index >= 15 is 0 Å². The molecule has 1 N–H and O–H groups in total. The fourth-order valence-corrected chi connectivity index (χ4v) is 1.08. The van der Waals surface area contributed by atoms with Gasteiger partial charge in [0.2, 0.25) is 5.91 Å². The first-order valence-electron chi connectivity index (χ1n) is 5.93. The maximum atomic E-state index is 11.2. The van der Waals surface area contributed by atoms with Gasteiger partial charge in [0.05, 0.1) is 4.92 Å². The monoisotopic (exact) mass is 256 g/mol. The van der Waals surface area contributed by atoms with Crippen LogP contribution in [0, 0.1) is 10.1 Å². The standard InChI is InChI=1S/C12H20N2O4/c1-3-5-9-18-10-12(15)13-8-6-7-11(4-2)14(16)17/h4,6-7H,3,5,8-10H2,1-2H3,(H,13,15)/b7-6-,11-4+. The molecule has 0 rings (SSSR count). The summed E-state index contributed by atoms with van der Waals surface area (Å²) in [5.41, 5.74) is 0.00319. The lowest BCUT2D eigenvalue weighted by atomic mass is 10.3. The molecule has 0 spiro atoms. The number of rotatable bonds is 9. The van der Waals surface area contributed by atoms with Gasteiger partial charge in [-0.15, -0.1) is 0 Å². The number of ether oxygens (including phenoxy) is 1. The van der Waals surface area contributed by atoms with Crippen LogP contribution in [0.3, 0.4) is 0 Å². The second-order valence-corrected chi connectivity index (χ2v) is 3.58. The zero-order chi connectivity index (χ0) is 13.8. The minimum absolute atomic E-state index is 0.00319. The molecular formula is C12H20N2O4. The van der Waals surface area contributed by atoms with Gasteiger partial charge in [-0.1, -0.05) is 19.4 Å². The van der Waals surface area contributed by atoms with Crippen LogP contribution in [0.5, 0.6) is 0 Å². The third-order valence-electron chi connectivity index (χ3n) is 2.09. The third kappa shape index (κ3) is 8.46. The van der Waals surface area contributed by atoms with Crippen LogP contribution in [-0.2, 0) is 9.53 Å². The second kappa shape index (κ2) is 10.5. The number of nitrogens with one attached hydrogen (secondary N) is 1. The van der Waals surface area contributed by atoms with E-state index < -0.39 is 4.92 Å². The van der Waals surface area contributed by atoms with Crippen molar-refractivity contribution >= 4 is 5.91 Å². The van der Waals surface area contributed by atoms with E-state index in [1.807, 2.05) is 6.92 Å². The van der Waals surface area contributed by atoms with Crippen molar-refractivity contribution in [3.05, 3.63) is 34.0 Å². The fraction of sp³-hybridized carbons (Fsp3) is 0.583. The number of nitrogens with zero attached hydrogens (tertiary/aromatic N) is 1. The summed E-state index contributed by atoms with van der Waals surface area (Å²) >= 11 is 0. The SMILES string of the molecule is C/C=C(\C=C/CNC(=O)COCCCC)[N+](=O)[O-]. The van der Waals surface area contributed by atoms with Crippen LogP contribution >= 0.6 is 0 Å². The molecule has 0 atom stereocenters. The number of carbonyl (C=O) groups excluding carboxylic acids is 1. The summed E-state index contributed by atoms with van der Waals surface area (Å²) in [7, 11) is 0. The molecule has 0 saturated carbocycles. The minimum Gasteiger partial charge on any atom is -0.372 e. The second-order valence-electron chi connectivity index (χ2n) is 3.58. The molecule has 0 aromatic carbocycles. The molecule has 0 bridgehead atoms.